The summed E-state index contributed by atoms with van der Waals surface area (Å²) in [7, 11) is 0. The monoisotopic (exact) mass is 865 g/mol. The van der Waals surface area contributed by atoms with Crippen LogP contribution in [0.3, 0.4) is 0 Å². The zero-order valence-corrected chi connectivity index (χ0v) is 37.7. The highest BCUT2D eigenvalue weighted by atomic mass is 16.3. The molecule has 1 heterocycles. The maximum absolute atomic E-state index is 6.65. The third-order valence-corrected chi connectivity index (χ3v) is 15.9. The summed E-state index contributed by atoms with van der Waals surface area (Å²) in [5.74, 6) is 0. The Bertz CT molecular complexity index is 4150. The molecular weight excluding hydrogens is 823 g/mol. The number of hydrogen-bond acceptors (Lipinski definition) is 2. The summed E-state index contributed by atoms with van der Waals surface area (Å²) < 4.78 is 6.65. The molecule has 0 saturated carbocycles. The lowest BCUT2D eigenvalue weighted by atomic mass is 9.64. The molecule has 68 heavy (non-hydrogen) atoms. The van der Waals surface area contributed by atoms with Crippen molar-refractivity contribution >= 4 is 60.5 Å². The van der Waals surface area contributed by atoms with Crippen molar-refractivity contribution in [2.24, 2.45) is 0 Å². The van der Waals surface area contributed by atoms with Crippen LogP contribution in [0.4, 0.5) is 17.1 Å². The molecular formula is C66H43NO. The number of anilines is 3. The van der Waals surface area contributed by atoms with Crippen LogP contribution in [0, 0.1) is 0 Å². The van der Waals surface area contributed by atoms with E-state index in [1.807, 2.05) is 0 Å². The Kier molecular flexibility index (Phi) is 7.53. The lowest BCUT2D eigenvalue weighted by molar-refractivity contribution is 0.660. The largest absolute Gasteiger partial charge is 0.456 e. The molecule has 2 heteroatoms. The standard InChI is InChI=1S/C66H43NO/c1-65(2)56-27-13-9-22-48(56)50-35-32-40(37-59(50)65)67(42-33-36-52-51-23-12-16-30-61(51)68-62(52)39-42)41-31-34-49-44-18-4-3-17-43(44)47-21-10-14-28-57(47)66(60(49)38-41)58-29-15-11-26-55(58)63-53-24-7-5-19-45(53)46-20-6-8-25-54(46)64(63)66/h3-39H,1-2H3. The van der Waals surface area contributed by atoms with Gasteiger partial charge >= 0.3 is 0 Å². The summed E-state index contributed by atoms with van der Waals surface area (Å²) in [5, 5.41) is 7.35. The minimum Gasteiger partial charge on any atom is -0.456 e. The number of para-hydroxylation sites is 1. The third-order valence-electron chi connectivity index (χ3n) is 15.9. The molecule has 0 amide bonds. The van der Waals surface area contributed by atoms with Gasteiger partial charge in [0.05, 0.1) is 5.41 Å². The summed E-state index contributed by atoms with van der Waals surface area (Å²) in [4.78, 5) is 2.48. The molecule has 1 atom stereocenters. The molecule has 15 rings (SSSR count). The van der Waals surface area contributed by atoms with Gasteiger partial charge in [-0.3, -0.25) is 0 Å². The number of hydrogen-bond donors (Lipinski definition) is 0. The van der Waals surface area contributed by atoms with Crippen LogP contribution < -0.4 is 4.90 Å². The first-order valence-electron chi connectivity index (χ1n) is 23.8. The van der Waals surface area contributed by atoms with Crippen LogP contribution in [0.25, 0.3) is 88.0 Å². The van der Waals surface area contributed by atoms with Gasteiger partial charge in [0.2, 0.25) is 0 Å². The number of benzene rings is 11. The van der Waals surface area contributed by atoms with Crippen molar-refractivity contribution in [1.82, 2.24) is 0 Å². The highest BCUT2D eigenvalue weighted by Crippen LogP contribution is 2.65. The molecule has 0 saturated heterocycles. The zero-order valence-electron chi connectivity index (χ0n) is 37.7. The molecule has 0 radical (unpaired) electrons. The number of rotatable bonds is 3. The maximum atomic E-state index is 6.65. The van der Waals surface area contributed by atoms with Gasteiger partial charge in [-0.25, -0.2) is 0 Å². The SMILES string of the molecule is CC1(C)c2ccccc2-c2ccc(N(c3ccc4c(c3)C3(c5ccccc5-c5ccccc5-4)c4ccccc4-c4c3c3ccccc3c3ccccc43)c3ccc4c(c3)oc3ccccc34)cc21. The molecule has 0 bridgehead atoms. The fourth-order valence-corrected chi connectivity index (χ4v) is 13.0. The van der Waals surface area contributed by atoms with Crippen LogP contribution in [0.2, 0.25) is 0 Å². The van der Waals surface area contributed by atoms with Gasteiger partial charge in [0, 0.05) is 39.3 Å². The second kappa shape index (κ2) is 13.6. The van der Waals surface area contributed by atoms with E-state index in [4.69, 9.17) is 4.42 Å². The van der Waals surface area contributed by atoms with Crippen LogP contribution in [0.5, 0.6) is 0 Å². The number of furan rings is 1. The molecule has 318 valence electrons. The number of fused-ring (bicyclic) bond motifs is 23. The summed E-state index contributed by atoms with van der Waals surface area (Å²) in [5.41, 5.74) is 22.2. The lowest BCUT2D eigenvalue weighted by Gasteiger charge is -2.37. The minimum absolute atomic E-state index is 0.178. The van der Waals surface area contributed by atoms with E-state index in [1.54, 1.807) is 0 Å². The summed E-state index contributed by atoms with van der Waals surface area (Å²) >= 11 is 0. The Labute approximate surface area is 395 Å². The molecule has 1 aromatic heterocycles. The molecule has 1 unspecified atom stereocenters. The Balaban J connectivity index is 1.08. The highest BCUT2D eigenvalue weighted by molar-refractivity contribution is 6.20. The van der Waals surface area contributed by atoms with Gasteiger partial charge in [-0.15, -0.1) is 0 Å². The van der Waals surface area contributed by atoms with Crippen LogP contribution >= 0.6 is 0 Å². The van der Waals surface area contributed by atoms with E-state index >= 15 is 0 Å². The lowest BCUT2D eigenvalue weighted by Crippen LogP contribution is -2.30. The average molecular weight is 866 g/mol. The second-order valence-corrected chi connectivity index (χ2v) is 19.5. The van der Waals surface area contributed by atoms with Gasteiger partial charge in [0.1, 0.15) is 11.2 Å². The first-order chi connectivity index (χ1) is 33.5. The predicted octanol–water partition coefficient (Wildman–Crippen LogP) is 17.7. The fraction of sp³-hybridized carbons (Fsp3) is 0.0606. The van der Waals surface area contributed by atoms with E-state index in [0.29, 0.717) is 0 Å². The second-order valence-electron chi connectivity index (χ2n) is 19.5. The summed E-state index contributed by atoms with van der Waals surface area (Å²) in [6, 6.07) is 84.2. The maximum Gasteiger partial charge on any atom is 0.137 e. The first-order valence-corrected chi connectivity index (χ1v) is 23.8. The van der Waals surface area contributed by atoms with E-state index < -0.39 is 5.41 Å². The Morgan fingerprint density at radius 3 is 1.46 bits per heavy atom. The molecule has 3 aliphatic rings. The smallest absolute Gasteiger partial charge is 0.137 e. The van der Waals surface area contributed by atoms with Crippen LogP contribution in [-0.4, -0.2) is 0 Å². The van der Waals surface area contributed by atoms with Gasteiger partial charge in [-0.2, -0.15) is 0 Å². The third kappa shape index (κ3) is 4.81. The summed E-state index contributed by atoms with van der Waals surface area (Å²) in [6.45, 7) is 4.74. The highest BCUT2D eigenvalue weighted by Gasteiger charge is 2.51. The summed E-state index contributed by atoms with van der Waals surface area (Å²) in [6.07, 6.45) is 0. The van der Waals surface area contributed by atoms with E-state index in [1.165, 1.54) is 99.4 Å². The molecule has 12 aromatic rings. The Morgan fingerprint density at radius 2 is 0.750 bits per heavy atom. The van der Waals surface area contributed by atoms with Crippen molar-refractivity contribution in [2.75, 3.05) is 4.90 Å². The van der Waals surface area contributed by atoms with Crippen LogP contribution in [0.1, 0.15) is 47.2 Å². The Hall–Kier alpha value is -8.46. The van der Waals surface area contributed by atoms with Crippen LogP contribution in [-0.2, 0) is 10.8 Å². The molecule has 11 aromatic carbocycles. The fourth-order valence-electron chi connectivity index (χ4n) is 13.0. The van der Waals surface area contributed by atoms with Gasteiger partial charge in [0.15, 0.2) is 0 Å². The quantitative estimate of drug-likeness (QED) is 0.165. The van der Waals surface area contributed by atoms with Crippen molar-refractivity contribution in [3.8, 4) is 44.5 Å². The zero-order chi connectivity index (χ0) is 44.9. The Morgan fingerprint density at radius 1 is 0.309 bits per heavy atom. The van der Waals surface area contributed by atoms with E-state index in [9.17, 15) is 0 Å². The van der Waals surface area contributed by atoms with Gasteiger partial charge in [-0.05, 0) is 142 Å². The van der Waals surface area contributed by atoms with E-state index in [2.05, 4.69) is 243 Å². The molecule has 0 fully saturated rings. The van der Waals surface area contributed by atoms with Crippen molar-refractivity contribution in [2.45, 2.75) is 24.7 Å². The number of nitrogens with zero attached hydrogens (tertiary/aromatic N) is 1. The van der Waals surface area contributed by atoms with Gasteiger partial charge in [0.25, 0.3) is 0 Å². The van der Waals surface area contributed by atoms with E-state index in [0.717, 1.165) is 39.0 Å². The van der Waals surface area contributed by atoms with Gasteiger partial charge in [-0.1, -0.05) is 190 Å². The van der Waals surface area contributed by atoms with Crippen molar-refractivity contribution in [3.63, 3.8) is 0 Å². The topological polar surface area (TPSA) is 16.4 Å². The van der Waals surface area contributed by atoms with E-state index in [-0.39, 0.29) is 5.41 Å². The predicted molar refractivity (Wildman–Crippen MR) is 283 cm³/mol. The van der Waals surface area contributed by atoms with Gasteiger partial charge < -0.3 is 9.32 Å². The molecule has 1 spiro atoms. The first kappa shape index (κ1) is 37.7. The van der Waals surface area contributed by atoms with Crippen molar-refractivity contribution in [3.05, 3.63) is 258 Å². The average Bonchev–Trinajstić information content (AvgIpc) is 3.97. The molecule has 3 aliphatic carbocycles. The van der Waals surface area contributed by atoms with Crippen LogP contribution in [0.15, 0.2) is 229 Å². The minimum atomic E-state index is -0.702. The normalized spacial score (nSPS) is 15.7. The molecule has 2 nitrogen and oxygen atoms in total. The van der Waals surface area contributed by atoms with Crippen molar-refractivity contribution < 1.29 is 4.42 Å². The van der Waals surface area contributed by atoms with Crippen molar-refractivity contribution in [1.29, 1.82) is 0 Å². The molecule has 0 N–H and O–H groups in total. The molecule has 0 aliphatic heterocycles.